The third-order valence-electron chi connectivity index (χ3n) is 3.81. The molecule has 0 spiro atoms. The second kappa shape index (κ2) is 4.69. The molecule has 2 N–H and O–H groups in total. The number of anilines is 1. The monoisotopic (exact) mass is 232 g/mol. The third-order valence-corrected chi connectivity index (χ3v) is 3.81. The van der Waals surface area contributed by atoms with Crippen LogP contribution in [0.1, 0.15) is 32.8 Å². The molecule has 1 aliphatic heterocycles. The van der Waals surface area contributed by atoms with Gasteiger partial charge in [0.1, 0.15) is 0 Å². The van der Waals surface area contributed by atoms with Crippen LogP contribution < -0.4 is 10.6 Å². The number of rotatable bonds is 3. The smallest absolute Gasteiger partial charge is 0.0399 e. The highest BCUT2D eigenvalue weighted by atomic mass is 15.1. The Labute approximate surface area is 105 Å². The molecule has 2 heteroatoms. The molecule has 0 radical (unpaired) electrons. The van der Waals surface area contributed by atoms with Crippen LogP contribution in [0.4, 0.5) is 5.69 Å². The summed E-state index contributed by atoms with van der Waals surface area (Å²) < 4.78 is 0. The van der Waals surface area contributed by atoms with Gasteiger partial charge in [0.15, 0.2) is 0 Å². The van der Waals surface area contributed by atoms with E-state index in [1.807, 2.05) is 0 Å². The molecule has 0 amide bonds. The average molecular weight is 232 g/mol. The van der Waals surface area contributed by atoms with Crippen LogP contribution in [0.3, 0.4) is 0 Å². The van der Waals surface area contributed by atoms with E-state index in [1.54, 1.807) is 0 Å². The lowest BCUT2D eigenvalue weighted by Crippen LogP contribution is -2.38. The van der Waals surface area contributed by atoms with E-state index >= 15 is 0 Å². The van der Waals surface area contributed by atoms with Crippen LogP contribution >= 0.6 is 0 Å². The van der Waals surface area contributed by atoms with Crippen LogP contribution in [-0.4, -0.2) is 19.1 Å². The van der Waals surface area contributed by atoms with Gasteiger partial charge in [-0.1, -0.05) is 39.0 Å². The van der Waals surface area contributed by atoms with Gasteiger partial charge in [0.25, 0.3) is 0 Å². The molecule has 0 aromatic heterocycles. The molecule has 2 rings (SSSR count). The Hall–Kier alpha value is -1.02. The maximum atomic E-state index is 6.22. The fraction of sp³-hybridized carbons (Fsp3) is 0.600. The number of benzene rings is 1. The Morgan fingerprint density at radius 1 is 1.29 bits per heavy atom. The zero-order chi connectivity index (χ0) is 12.5. The lowest BCUT2D eigenvalue weighted by atomic mass is 9.85. The van der Waals surface area contributed by atoms with Gasteiger partial charge >= 0.3 is 0 Å². The van der Waals surface area contributed by atoms with E-state index in [4.69, 9.17) is 5.73 Å². The van der Waals surface area contributed by atoms with Crippen LogP contribution in [0.5, 0.6) is 0 Å². The quantitative estimate of drug-likeness (QED) is 0.868. The number of hydrogen-bond acceptors (Lipinski definition) is 2. The van der Waals surface area contributed by atoms with Gasteiger partial charge in [0.2, 0.25) is 0 Å². The zero-order valence-electron chi connectivity index (χ0n) is 11.2. The first kappa shape index (κ1) is 12.4. The summed E-state index contributed by atoms with van der Waals surface area (Å²) >= 11 is 0. The highest BCUT2D eigenvalue weighted by molar-refractivity contribution is 5.57. The van der Waals surface area contributed by atoms with Crippen LogP contribution in [0.2, 0.25) is 0 Å². The Morgan fingerprint density at radius 2 is 2.00 bits per heavy atom. The summed E-state index contributed by atoms with van der Waals surface area (Å²) in [6.45, 7) is 8.88. The maximum absolute atomic E-state index is 6.22. The molecular formula is C15H24N2. The number of nitrogens with zero attached hydrogens (tertiary/aromatic N) is 1. The largest absolute Gasteiger partial charge is 0.371 e. The van der Waals surface area contributed by atoms with E-state index < -0.39 is 0 Å². The molecular weight excluding hydrogens is 208 g/mol. The Bertz CT molecular complexity index is 379. The summed E-state index contributed by atoms with van der Waals surface area (Å²) in [6.07, 6.45) is 2.25. The fourth-order valence-electron chi connectivity index (χ4n) is 2.37. The second-order valence-corrected chi connectivity index (χ2v) is 6.13. The molecule has 2 nitrogen and oxygen atoms in total. The zero-order valence-corrected chi connectivity index (χ0v) is 11.2. The minimum absolute atomic E-state index is 0.208. The van der Waals surface area contributed by atoms with Gasteiger partial charge in [-0.05, 0) is 29.9 Å². The summed E-state index contributed by atoms with van der Waals surface area (Å²) in [6, 6.07) is 8.99. The van der Waals surface area contributed by atoms with Crippen LogP contribution in [0.15, 0.2) is 24.3 Å². The molecule has 1 unspecified atom stereocenters. The van der Waals surface area contributed by atoms with Crippen molar-refractivity contribution in [3.8, 4) is 0 Å². The molecule has 0 bridgehead atoms. The molecule has 0 aliphatic carbocycles. The van der Waals surface area contributed by atoms with Gasteiger partial charge in [-0.3, -0.25) is 0 Å². The Balaban J connectivity index is 1.94. The average Bonchev–Trinajstić information content (AvgIpc) is 2.68. The SMILES string of the molecule is CC(C)(C)C(N)CCN1CCc2ccccc21. The third kappa shape index (κ3) is 2.81. The fourth-order valence-corrected chi connectivity index (χ4v) is 2.37. The summed E-state index contributed by atoms with van der Waals surface area (Å²) in [5.74, 6) is 0. The number of para-hydroxylation sites is 1. The van der Waals surface area contributed by atoms with Gasteiger partial charge in [-0.25, -0.2) is 0 Å². The van der Waals surface area contributed by atoms with E-state index in [1.165, 1.54) is 17.7 Å². The molecule has 0 fully saturated rings. The summed E-state index contributed by atoms with van der Waals surface area (Å²) in [5, 5.41) is 0. The molecule has 0 saturated carbocycles. The molecule has 1 aromatic carbocycles. The number of fused-ring (bicyclic) bond motifs is 1. The molecule has 17 heavy (non-hydrogen) atoms. The van der Waals surface area contributed by atoms with E-state index in [-0.39, 0.29) is 11.5 Å². The van der Waals surface area contributed by atoms with Crippen LogP contribution in [0.25, 0.3) is 0 Å². The van der Waals surface area contributed by atoms with Gasteiger partial charge in [-0.2, -0.15) is 0 Å². The molecule has 1 aliphatic rings. The predicted molar refractivity (Wildman–Crippen MR) is 74.4 cm³/mol. The van der Waals surface area contributed by atoms with Crippen LogP contribution in [0, 0.1) is 5.41 Å². The molecule has 1 atom stereocenters. The van der Waals surface area contributed by atoms with E-state index in [9.17, 15) is 0 Å². The summed E-state index contributed by atoms with van der Waals surface area (Å²) in [5.41, 5.74) is 9.32. The van der Waals surface area contributed by atoms with Crippen molar-refractivity contribution in [3.63, 3.8) is 0 Å². The first-order valence-corrected chi connectivity index (χ1v) is 6.57. The normalized spacial score (nSPS) is 17.1. The number of nitrogens with two attached hydrogens (primary N) is 1. The first-order valence-electron chi connectivity index (χ1n) is 6.57. The maximum Gasteiger partial charge on any atom is 0.0399 e. The van der Waals surface area contributed by atoms with E-state index in [0.29, 0.717) is 0 Å². The first-order chi connectivity index (χ1) is 7.98. The van der Waals surface area contributed by atoms with Crippen molar-refractivity contribution in [2.45, 2.75) is 39.7 Å². The van der Waals surface area contributed by atoms with E-state index in [2.05, 4.69) is 49.9 Å². The van der Waals surface area contributed by atoms with Gasteiger partial charge in [0, 0.05) is 24.8 Å². The summed E-state index contributed by atoms with van der Waals surface area (Å²) in [4.78, 5) is 2.47. The van der Waals surface area contributed by atoms with Gasteiger partial charge in [-0.15, -0.1) is 0 Å². The Kier molecular flexibility index (Phi) is 3.43. The van der Waals surface area contributed by atoms with E-state index in [0.717, 1.165) is 19.5 Å². The van der Waals surface area contributed by atoms with Gasteiger partial charge < -0.3 is 10.6 Å². The topological polar surface area (TPSA) is 29.3 Å². The molecule has 94 valence electrons. The minimum Gasteiger partial charge on any atom is -0.371 e. The van der Waals surface area contributed by atoms with Crippen molar-refractivity contribution in [2.75, 3.05) is 18.0 Å². The van der Waals surface area contributed by atoms with Gasteiger partial charge in [0.05, 0.1) is 0 Å². The summed E-state index contributed by atoms with van der Waals surface area (Å²) in [7, 11) is 0. The van der Waals surface area contributed by atoms with Crippen molar-refractivity contribution in [2.24, 2.45) is 11.1 Å². The predicted octanol–water partition coefficient (Wildman–Crippen LogP) is 2.81. The van der Waals surface area contributed by atoms with Crippen molar-refractivity contribution in [1.82, 2.24) is 0 Å². The minimum atomic E-state index is 0.208. The molecule has 0 saturated heterocycles. The lowest BCUT2D eigenvalue weighted by molar-refractivity contribution is 0.307. The molecule has 1 heterocycles. The highest BCUT2D eigenvalue weighted by Crippen LogP contribution is 2.28. The lowest BCUT2D eigenvalue weighted by Gasteiger charge is -2.29. The highest BCUT2D eigenvalue weighted by Gasteiger charge is 2.23. The van der Waals surface area contributed by atoms with Crippen molar-refractivity contribution in [1.29, 1.82) is 0 Å². The Morgan fingerprint density at radius 3 is 2.71 bits per heavy atom. The van der Waals surface area contributed by atoms with Crippen molar-refractivity contribution < 1.29 is 0 Å². The molecule has 1 aromatic rings. The van der Waals surface area contributed by atoms with Crippen molar-refractivity contribution in [3.05, 3.63) is 29.8 Å². The van der Waals surface area contributed by atoms with Crippen molar-refractivity contribution >= 4 is 5.69 Å². The van der Waals surface area contributed by atoms with Crippen LogP contribution in [-0.2, 0) is 6.42 Å². The standard InChI is InChI=1S/C15H24N2/c1-15(2,3)14(16)9-11-17-10-8-12-6-4-5-7-13(12)17/h4-7,14H,8-11,16H2,1-3H3. The number of hydrogen-bond donors (Lipinski definition) is 1. The second-order valence-electron chi connectivity index (χ2n) is 6.13.